The van der Waals surface area contributed by atoms with E-state index in [1.807, 2.05) is 6.92 Å². The van der Waals surface area contributed by atoms with Crippen molar-refractivity contribution in [2.45, 2.75) is 57.5 Å². The van der Waals surface area contributed by atoms with E-state index in [2.05, 4.69) is 27.2 Å². The Balaban J connectivity index is 1.28. The van der Waals surface area contributed by atoms with Gasteiger partial charge >= 0.3 is 0 Å². The van der Waals surface area contributed by atoms with Gasteiger partial charge in [-0.05, 0) is 89.7 Å². The van der Waals surface area contributed by atoms with Crippen molar-refractivity contribution in [2.75, 3.05) is 39.3 Å². The van der Waals surface area contributed by atoms with Crippen LogP contribution in [0.1, 0.15) is 56.1 Å². The third kappa shape index (κ3) is 4.22. The summed E-state index contributed by atoms with van der Waals surface area (Å²) in [6.07, 6.45) is 8.20. The average molecular weight is 332 g/mol. The number of hydrogen-bond donors (Lipinski definition) is 1. The summed E-state index contributed by atoms with van der Waals surface area (Å²) in [7, 11) is 0. The monoisotopic (exact) mass is 331 g/mol. The summed E-state index contributed by atoms with van der Waals surface area (Å²) >= 11 is 0. The molecule has 0 amide bonds. The van der Waals surface area contributed by atoms with Crippen molar-refractivity contribution in [1.29, 1.82) is 0 Å². The number of furan rings is 1. The van der Waals surface area contributed by atoms with Gasteiger partial charge in [-0.15, -0.1) is 0 Å². The second kappa shape index (κ2) is 7.59. The fourth-order valence-electron chi connectivity index (χ4n) is 4.36. The van der Waals surface area contributed by atoms with E-state index in [1.54, 1.807) is 0 Å². The number of hydrogen-bond acceptors (Lipinski definition) is 4. The number of piperidine rings is 1. The Morgan fingerprint density at radius 2 is 1.83 bits per heavy atom. The lowest BCUT2D eigenvalue weighted by molar-refractivity contribution is 0.169. The number of likely N-dealkylation sites (tertiary alicyclic amines) is 2. The van der Waals surface area contributed by atoms with Gasteiger partial charge in [-0.1, -0.05) is 0 Å². The Labute approximate surface area is 146 Å². The molecule has 3 heterocycles. The van der Waals surface area contributed by atoms with Gasteiger partial charge in [0.2, 0.25) is 0 Å². The highest BCUT2D eigenvalue weighted by Crippen LogP contribution is 2.31. The molecule has 1 atom stereocenters. The summed E-state index contributed by atoms with van der Waals surface area (Å²) in [6, 6.07) is 5.37. The molecule has 3 fully saturated rings. The smallest absolute Gasteiger partial charge is 0.122 e. The van der Waals surface area contributed by atoms with Crippen LogP contribution >= 0.6 is 0 Å². The molecule has 4 rings (SSSR count). The molecule has 24 heavy (non-hydrogen) atoms. The van der Waals surface area contributed by atoms with Crippen molar-refractivity contribution < 1.29 is 4.42 Å². The van der Waals surface area contributed by atoms with Crippen molar-refractivity contribution in [1.82, 2.24) is 15.1 Å². The fourth-order valence-corrected chi connectivity index (χ4v) is 4.36. The van der Waals surface area contributed by atoms with Crippen LogP contribution in [0.3, 0.4) is 0 Å². The largest absolute Gasteiger partial charge is 0.465 e. The van der Waals surface area contributed by atoms with Crippen LogP contribution in [0.25, 0.3) is 0 Å². The van der Waals surface area contributed by atoms with E-state index in [1.165, 1.54) is 71.2 Å². The zero-order chi connectivity index (χ0) is 16.4. The molecular formula is C20H33N3O. The number of aryl methyl sites for hydroxylation is 1. The highest BCUT2D eigenvalue weighted by molar-refractivity contribution is 5.11. The normalized spacial score (nSPS) is 25.4. The maximum absolute atomic E-state index is 5.98. The first-order chi connectivity index (χ1) is 11.8. The molecule has 1 aliphatic carbocycles. The van der Waals surface area contributed by atoms with Gasteiger partial charge in [-0.2, -0.15) is 0 Å². The van der Waals surface area contributed by atoms with Crippen molar-refractivity contribution in [3.8, 4) is 0 Å². The third-order valence-corrected chi connectivity index (χ3v) is 6.07. The zero-order valence-corrected chi connectivity index (χ0v) is 15.2. The summed E-state index contributed by atoms with van der Waals surface area (Å²) in [5.41, 5.74) is 0. The maximum Gasteiger partial charge on any atom is 0.122 e. The number of rotatable bonds is 7. The Morgan fingerprint density at radius 1 is 1.08 bits per heavy atom. The SMILES string of the molecule is Cc1ccc(C(CNC2CCN(CC3CC3)CC2)N2CCCC2)o1. The molecule has 4 nitrogen and oxygen atoms in total. The van der Waals surface area contributed by atoms with Crippen LogP contribution in [0.15, 0.2) is 16.5 Å². The van der Waals surface area contributed by atoms with Crippen molar-refractivity contribution in [3.63, 3.8) is 0 Å². The third-order valence-electron chi connectivity index (χ3n) is 6.07. The van der Waals surface area contributed by atoms with Gasteiger partial charge in [-0.3, -0.25) is 4.90 Å². The molecule has 1 aromatic heterocycles. The molecule has 1 unspecified atom stereocenters. The number of nitrogens with zero attached hydrogens (tertiary/aromatic N) is 2. The van der Waals surface area contributed by atoms with Crippen molar-refractivity contribution >= 4 is 0 Å². The molecule has 0 spiro atoms. The van der Waals surface area contributed by atoms with Gasteiger partial charge in [0.25, 0.3) is 0 Å². The molecule has 1 aromatic rings. The molecule has 3 aliphatic rings. The predicted octanol–water partition coefficient (Wildman–Crippen LogP) is 3.19. The lowest BCUT2D eigenvalue weighted by atomic mass is 10.0. The highest BCUT2D eigenvalue weighted by atomic mass is 16.3. The maximum atomic E-state index is 5.98. The molecule has 2 saturated heterocycles. The van der Waals surface area contributed by atoms with E-state index in [4.69, 9.17) is 4.42 Å². The van der Waals surface area contributed by atoms with E-state index in [9.17, 15) is 0 Å². The summed E-state index contributed by atoms with van der Waals surface area (Å²) in [6.45, 7) is 9.42. The minimum atomic E-state index is 0.408. The van der Waals surface area contributed by atoms with Gasteiger partial charge in [0, 0.05) is 19.1 Å². The van der Waals surface area contributed by atoms with Crippen LogP contribution < -0.4 is 5.32 Å². The topological polar surface area (TPSA) is 31.6 Å². The molecule has 2 aliphatic heterocycles. The molecule has 4 heteroatoms. The molecule has 134 valence electrons. The van der Waals surface area contributed by atoms with Crippen molar-refractivity contribution in [3.05, 3.63) is 23.7 Å². The lowest BCUT2D eigenvalue weighted by Crippen LogP contribution is -2.45. The van der Waals surface area contributed by atoms with Crippen LogP contribution in [0.4, 0.5) is 0 Å². The average Bonchev–Trinajstić information content (AvgIpc) is 3.07. The van der Waals surface area contributed by atoms with Crippen LogP contribution in [0, 0.1) is 12.8 Å². The van der Waals surface area contributed by atoms with Gasteiger partial charge < -0.3 is 14.6 Å². The van der Waals surface area contributed by atoms with E-state index < -0.39 is 0 Å². The summed E-state index contributed by atoms with van der Waals surface area (Å²) in [5, 5.41) is 3.87. The Morgan fingerprint density at radius 3 is 2.46 bits per heavy atom. The zero-order valence-electron chi connectivity index (χ0n) is 15.2. The van der Waals surface area contributed by atoms with E-state index >= 15 is 0 Å². The van der Waals surface area contributed by atoms with E-state index in [-0.39, 0.29) is 0 Å². The molecule has 0 radical (unpaired) electrons. The standard InChI is InChI=1S/C20H33N3O/c1-16-4-7-20(24-16)19(23-10-2-3-11-23)14-21-18-8-12-22(13-9-18)15-17-5-6-17/h4,7,17-19,21H,2-3,5-6,8-15H2,1H3. The first-order valence-electron chi connectivity index (χ1n) is 10.0. The first-order valence-corrected chi connectivity index (χ1v) is 10.0. The van der Waals surface area contributed by atoms with Crippen LogP contribution in [0.5, 0.6) is 0 Å². The van der Waals surface area contributed by atoms with Gasteiger partial charge in [-0.25, -0.2) is 0 Å². The van der Waals surface area contributed by atoms with Crippen LogP contribution in [-0.2, 0) is 0 Å². The van der Waals surface area contributed by atoms with Crippen LogP contribution in [-0.4, -0.2) is 55.1 Å². The van der Waals surface area contributed by atoms with E-state index in [0.717, 1.165) is 24.0 Å². The lowest BCUT2D eigenvalue weighted by Gasteiger charge is -2.34. The Kier molecular flexibility index (Phi) is 5.25. The van der Waals surface area contributed by atoms with Gasteiger partial charge in [0.1, 0.15) is 11.5 Å². The molecule has 0 aromatic carbocycles. The molecular weight excluding hydrogens is 298 g/mol. The Hall–Kier alpha value is -0.840. The minimum absolute atomic E-state index is 0.408. The van der Waals surface area contributed by atoms with Crippen molar-refractivity contribution in [2.24, 2.45) is 5.92 Å². The second-order valence-electron chi connectivity index (χ2n) is 8.13. The first kappa shape index (κ1) is 16.6. The van der Waals surface area contributed by atoms with Crippen LogP contribution in [0.2, 0.25) is 0 Å². The van der Waals surface area contributed by atoms with Gasteiger partial charge in [0.15, 0.2) is 0 Å². The fraction of sp³-hybridized carbons (Fsp3) is 0.800. The minimum Gasteiger partial charge on any atom is -0.465 e. The highest BCUT2D eigenvalue weighted by Gasteiger charge is 2.29. The molecule has 1 N–H and O–H groups in total. The second-order valence-corrected chi connectivity index (χ2v) is 8.13. The quantitative estimate of drug-likeness (QED) is 0.831. The van der Waals surface area contributed by atoms with Gasteiger partial charge in [0.05, 0.1) is 6.04 Å². The molecule has 1 saturated carbocycles. The predicted molar refractivity (Wildman–Crippen MR) is 97.2 cm³/mol. The van der Waals surface area contributed by atoms with E-state index in [0.29, 0.717) is 12.1 Å². The number of nitrogens with one attached hydrogen (secondary N) is 1. The Bertz CT molecular complexity index is 511. The summed E-state index contributed by atoms with van der Waals surface area (Å²) in [5.74, 6) is 3.20. The summed E-state index contributed by atoms with van der Waals surface area (Å²) in [4.78, 5) is 5.29. The summed E-state index contributed by atoms with van der Waals surface area (Å²) < 4.78 is 5.98. The molecule has 0 bridgehead atoms.